The van der Waals surface area contributed by atoms with Crippen molar-refractivity contribution >= 4 is 0 Å². The van der Waals surface area contributed by atoms with Crippen LogP contribution in [0.25, 0.3) is 0 Å². The molecule has 0 aromatic rings. The summed E-state index contributed by atoms with van der Waals surface area (Å²) in [6, 6.07) is 0. The van der Waals surface area contributed by atoms with E-state index in [2.05, 4.69) is 13.0 Å². The van der Waals surface area contributed by atoms with Crippen LogP contribution < -0.4 is 5.84 Å². The van der Waals surface area contributed by atoms with Gasteiger partial charge in [-0.05, 0) is 38.0 Å². The Balaban J connectivity index is 2.08. The van der Waals surface area contributed by atoms with Crippen molar-refractivity contribution in [2.75, 3.05) is 13.1 Å². The Labute approximate surface area is 74.4 Å². The van der Waals surface area contributed by atoms with Crippen LogP contribution in [-0.4, -0.2) is 18.1 Å². The molecule has 1 heterocycles. The lowest BCUT2D eigenvalue weighted by molar-refractivity contribution is 0.126. The van der Waals surface area contributed by atoms with Crippen LogP contribution in [0.1, 0.15) is 26.2 Å². The van der Waals surface area contributed by atoms with Gasteiger partial charge in [0, 0.05) is 13.1 Å². The largest absolute Gasteiger partial charge is 0.269 e. The van der Waals surface area contributed by atoms with Crippen LogP contribution in [-0.2, 0) is 0 Å². The predicted octanol–water partition coefficient (Wildman–Crippen LogP) is 1.54. The minimum Gasteiger partial charge on any atom is -0.269 e. The van der Waals surface area contributed by atoms with E-state index in [0.717, 1.165) is 24.9 Å². The van der Waals surface area contributed by atoms with Crippen LogP contribution in [0.15, 0.2) is 11.6 Å². The fourth-order valence-corrected chi connectivity index (χ4v) is 2.63. The van der Waals surface area contributed by atoms with E-state index < -0.39 is 0 Å². The van der Waals surface area contributed by atoms with Gasteiger partial charge in [0.15, 0.2) is 0 Å². The molecule has 2 nitrogen and oxygen atoms in total. The maximum atomic E-state index is 5.80. The van der Waals surface area contributed by atoms with Crippen LogP contribution in [0.5, 0.6) is 0 Å². The number of nitrogens with zero attached hydrogens (tertiary/aromatic N) is 1. The summed E-state index contributed by atoms with van der Waals surface area (Å²) in [4.78, 5) is 0. The molecule has 2 N–H and O–H groups in total. The molecule has 1 aliphatic carbocycles. The normalized spacial score (nSPS) is 37.3. The van der Waals surface area contributed by atoms with Crippen molar-refractivity contribution in [1.29, 1.82) is 0 Å². The van der Waals surface area contributed by atoms with Gasteiger partial charge in [0.1, 0.15) is 0 Å². The summed E-state index contributed by atoms with van der Waals surface area (Å²) < 4.78 is 0. The van der Waals surface area contributed by atoms with E-state index in [4.69, 9.17) is 5.84 Å². The Morgan fingerprint density at radius 3 is 3.17 bits per heavy atom. The molecule has 2 heteroatoms. The van der Waals surface area contributed by atoms with Gasteiger partial charge >= 0.3 is 0 Å². The zero-order valence-electron chi connectivity index (χ0n) is 7.79. The molecule has 0 amide bonds. The summed E-state index contributed by atoms with van der Waals surface area (Å²) in [7, 11) is 0. The second-order valence-corrected chi connectivity index (χ2v) is 4.18. The molecule has 0 aromatic carbocycles. The van der Waals surface area contributed by atoms with Crippen LogP contribution in [0.2, 0.25) is 0 Å². The molecule has 1 aliphatic heterocycles. The summed E-state index contributed by atoms with van der Waals surface area (Å²) in [5.41, 5.74) is 1.61. The summed E-state index contributed by atoms with van der Waals surface area (Å²) in [6.07, 6.45) is 6.29. The highest BCUT2D eigenvalue weighted by Gasteiger charge is 2.30. The Kier molecular flexibility index (Phi) is 2.20. The van der Waals surface area contributed by atoms with Crippen molar-refractivity contribution in [3.63, 3.8) is 0 Å². The first-order valence-electron chi connectivity index (χ1n) is 4.93. The zero-order valence-corrected chi connectivity index (χ0v) is 7.79. The fourth-order valence-electron chi connectivity index (χ4n) is 2.63. The first kappa shape index (κ1) is 8.27. The molecular formula is C10H18N2. The van der Waals surface area contributed by atoms with Crippen molar-refractivity contribution in [3.05, 3.63) is 11.6 Å². The average Bonchev–Trinajstić information content (AvgIpc) is 2.04. The van der Waals surface area contributed by atoms with Crippen LogP contribution >= 0.6 is 0 Å². The molecule has 0 bridgehead atoms. The van der Waals surface area contributed by atoms with Gasteiger partial charge in [-0.15, -0.1) is 0 Å². The molecule has 1 fully saturated rings. The highest BCUT2D eigenvalue weighted by atomic mass is 15.4. The molecule has 12 heavy (non-hydrogen) atoms. The Morgan fingerprint density at radius 1 is 1.50 bits per heavy atom. The van der Waals surface area contributed by atoms with E-state index in [-0.39, 0.29) is 0 Å². The minimum atomic E-state index is 0.841. The van der Waals surface area contributed by atoms with Gasteiger partial charge in [0.2, 0.25) is 0 Å². The minimum absolute atomic E-state index is 0.841. The van der Waals surface area contributed by atoms with Crippen LogP contribution in [0, 0.1) is 11.8 Å². The lowest BCUT2D eigenvalue weighted by Crippen LogP contribution is -2.45. The molecule has 2 atom stereocenters. The lowest BCUT2D eigenvalue weighted by atomic mass is 9.75. The molecule has 2 aliphatic rings. The van der Waals surface area contributed by atoms with Gasteiger partial charge < -0.3 is 0 Å². The molecule has 68 valence electrons. The molecule has 0 saturated carbocycles. The molecule has 0 aromatic heterocycles. The number of hydrazine groups is 1. The number of fused-ring (bicyclic) bond motifs is 1. The summed E-state index contributed by atoms with van der Waals surface area (Å²) in [5.74, 6) is 7.49. The summed E-state index contributed by atoms with van der Waals surface area (Å²) in [6.45, 7) is 4.46. The standard InChI is InChI=1S/C10H18N2/c1-8-3-2-4-9-7-12(11)6-5-10(8)9/h3,9-10H,2,4-7,11H2,1H3. The van der Waals surface area contributed by atoms with Crippen LogP contribution in [0.4, 0.5) is 0 Å². The van der Waals surface area contributed by atoms with E-state index in [0.29, 0.717) is 0 Å². The van der Waals surface area contributed by atoms with Gasteiger partial charge in [-0.2, -0.15) is 0 Å². The van der Waals surface area contributed by atoms with Gasteiger partial charge in [-0.25, -0.2) is 5.01 Å². The van der Waals surface area contributed by atoms with Crippen LogP contribution in [0.3, 0.4) is 0 Å². The Hall–Kier alpha value is -0.340. The lowest BCUT2D eigenvalue weighted by Gasteiger charge is -2.39. The maximum Gasteiger partial charge on any atom is 0.0162 e. The quantitative estimate of drug-likeness (QED) is 0.437. The summed E-state index contributed by atoms with van der Waals surface area (Å²) in [5, 5.41) is 1.99. The van der Waals surface area contributed by atoms with E-state index in [9.17, 15) is 0 Å². The predicted molar refractivity (Wildman–Crippen MR) is 50.3 cm³/mol. The van der Waals surface area contributed by atoms with Crippen molar-refractivity contribution in [2.24, 2.45) is 17.7 Å². The number of allylic oxidation sites excluding steroid dienone is 2. The van der Waals surface area contributed by atoms with Gasteiger partial charge in [0.05, 0.1) is 0 Å². The van der Waals surface area contributed by atoms with E-state index in [1.165, 1.54) is 19.3 Å². The Morgan fingerprint density at radius 2 is 2.33 bits per heavy atom. The molecule has 0 spiro atoms. The molecule has 1 saturated heterocycles. The number of rotatable bonds is 0. The van der Waals surface area contributed by atoms with Crippen molar-refractivity contribution < 1.29 is 0 Å². The van der Waals surface area contributed by atoms with Gasteiger partial charge in [-0.1, -0.05) is 11.6 Å². The monoisotopic (exact) mass is 166 g/mol. The fraction of sp³-hybridized carbons (Fsp3) is 0.800. The second kappa shape index (κ2) is 3.19. The van der Waals surface area contributed by atoms with Crippen molar-refractivity contribution in [2.45, 2.75) is 26.2 Å². The van der Waals surface area contributed by atoms with Crippen molar-refractivity contribution in [3.8, 4) is 0 Å². The topological polar surface area (TPSA) is 29.3 Å². The van der Waals surface area contributed by atoms with Gasteiger partial charge in [-0.3, -0.25) is 5.84 Å². The first-order chi connectivity index (χ1) is 5.77. The molecule has 0 radical (unpaired) electrons. The number of piperidine rings is 1. The SMILES string of the molecule is CC1=CCCC2CN(N)CCC12. The van der Waals surface area contributed by atoms with E-state index >= 15 is 0 Å². The number of hydrogen-bond acceptors (Lipinski definition) is 2. The average molecular weight is 166 g/mol. The molecular weight excluding hydrogens is 148 g/mol. The molecule has 2 rings (SSSR count). The third kappa shape index (κ3) is 1.41. The van der Waals surface area contributed by atoms with Crippen molar-refractivity contribution in [1.82, 2.24) is 5.01 Å². The number of nitrogens with two attached hydrogens (primary N) is 1. The van der Waals surface area contributed by atoms with E-state index in [1.807, 2.05) is 5.01 Å². The smallest absolute Gasteiger partial charge is 0.0162 e. The molecule has 2 unspecified atom stereocenters. The maximum absolute atomic E-state index is 5.80. The summed E-state index contributed by atoms with van der Waals surface area (Å²) >= 11 is 0. The highest BCUT2D eigenvalue weighted by molar-refractivity contribution is 5.10. The van der Waals surface area contributed by atoms with Gasteiger partial charge in [0.25, 0.3) is 0 Å². The highest BCUT2D eigenvalue weighted by Crippen LogP contribution is 2.35. The van der Waals surface area contributed by atoms with E-state index in [1.54, 1.807) is 5.57 Å². The Bertz CT molecular complexity index is 198. The number of hydrogen-bond donors (Lipinski definition) is 1. The zero-order chi connectivity index (χ0) is 8.55. The third-order valence-electron chi connectivity index (χ3n) is 3.35. The second-order valence-electron chi connectivity index (χ2n) is 4.18. The third-order valence-corrected chi connectivity index (χ3v) is 3.35. The first-order valence-corrected chi connectivity index (χ1v) is 4.93.